The average molecular weight is 353 g/mol. The largest absolute Gasteiger partial charge is 0.325 e. The van der Waals surface area contributed by atoms with E-state index in [1.165, 1.54) is 30.0 Å². The van der Waals surface area contributed by atoms with E-state index in [1.807, 2.05) is 0 Å². The lowest BCUT2D eigenvalue weighted by atomic mass is 10.3. The van der Waals surface area contributed by atoms with Crippen molar-refractivity contribution in [3.63, 3.8) is 0 Å². The predicted molar refractivity (Wildman–Crippen MR) is 89.9 cm³/mol. The maximum atomic E-state index is 12.8. The van der Waals surface area contributed by atoms with Crippen molar-refractivity contribution in [2.24, 2.45) is 0 Å². The molecule has 7 heteroatoms. The Balaban J connectivity index is 1.92. The molecule has 0 bridgehead atoms. The minimum atomic E-state index is -3.40. The lowest BCUT2D eigenvalue weighted by Gasteiger charge is -2.09. The van der Waals surface area contributed by atoms with Crippen molar-refractivity contribution in [2.45, 2.75) is 16.2 Å². The molecule has 0 heterocycles. The molecule has 0 unspecified atom stereocenters. The molecule has 0 aromatic heterocycles. The van der Waals surface area contributed by atoms with Gasteiger partial charge in [-0.25, -0.2) is 12.8 Å². The fourth-order valence-electron chi connectivity index (χ4n) is 1.90. The van der Waals surface area contributed by atoms with E-state index in [0.29, 0.717) is 5.75 Å². The van der Waals surface area contributed by atoms with Gasteiger partial charge in [0.15, 0.2) is 9.84 Å². The minimum absolute atomic E-state index is 0.0968. The van der Waals surface area contributed by atoms with Crippen molar-refractivity contribution in [3.8, 4) is 0 Å². The molecular formula is C16H16FNO3S2. The number of hydrogen-bond donors (Lipinski definition) is 1. The van der Waals surface area contributed by atoms with Crippen LogP contribution in [0.3, 0.4) is 0 Å². The molecule has 0 spiro atoms. The van der Waals surface area contributed by atoms with Crippen LogP contribution in [0.15, 0.2) is 58.3 Å². The van der Waals surface area contributed by atoms with E-state index >= 15 is 0 Å². The molecular weight excluding hydrogens is 337 g/mol. The summed E-state index contributed by atoms with van der Waals surface area (Å²) in [7, 11) is -3.40. The highest BCUT2D eigenvalue weighted by atomic mass is 32.2. The monoisotopic (exact) mass is 353 g/mol. The van der Waals surface area contributed by atoms with Gasteiger partial charge in [-0.3, -0.25) is 4.79 Å². The predicted octanol–water partition coefficient (Wildman–Crippen LogP) is 3.35. The van der Waals surface area contributed by atoms with E-state index in [0.717, 1.165) is 11.2 Å². The van der Waals surface area contributed by atoms with E-state index in [9.17, 15) is 17.6 Å². The van der Waals surface area contributed by atoms with Crippen LogP contribution in [0.2, 0.25) is 0 Å². The molecule has 1 N–H and O–H groups in total. The SMILES string of the molecule is CS(=O)(=O)c1ccccc1NC(=O)CCSc1ccc(F)cc1. The van der Waals surface area contributed by atoms with Crippen molar-refractivity contribution in [1.29, 1.82) is 0 Å². The molecule has 1 amide bonds. The Kier molecular flexibility index (Phi) is 5.79. The van der Waals surface area contributed by atoms with Crippen LogP contribution in [-0.4, -0.2) is 26.3 Å². The van der Waals surface area contributed by atoms with Crippen LogP contribution < -0.4 is 5.32 Å². The first-order chi connectivity index (χ1) is 10.9. The Morgan fingerprint density at radius 2 is 1.78 bits per heavy atom. The molecule has 0 radical (unpaired) electrons. The number of anilines is 1. The second-order valence-electron chi connectivity index (χ2n) is 4.87. The van der Waals surface area contributed by atoms with Gasteiger partial charge in [-0.15, -0.1) is 11.8 Å². The van der Waals surface area contributed by atoms with Crippen LogP contribution in [0.25, 0.3) is 0 Å². The van der Waals surface area contributed by atoms with Crippen LogP contribution in [-0.2, 0) is 14.6 Å². The number of carbonyl (C=O) groups is 1. The summed E-state index contributed by atoms with van der Waals surface area (Å²) in [5, 5.41) is 2.62. The molecule has 2 rings (SSSR count). The Bertz CT molecular complexity index is 789. The summed E-state index contributed by atoms with van der Waals surface area (Å²) < 4.78 is 36.1. The van der Waals surface area contributed by atoms with Crippen LogP contribution in [0.1, 0.15) is 6.42 Å². The number of carbonyl (C=O) groups excluding carboxylic acids is 1. The van der Waals surface area contributed by atoms with Crippen molar-refractivity contribution in [2.75, 3.05) is 17.3 Å². The van der Waals surface area contributed by atoms with Crippen LogP contribution in [0.5, 0.6) is 0 Å². The first kappa shape index (κ1) is 17.5. The number of halogens is 1. The zero-order valence-corrected chi connectivity index (χ0v) is 14.1. The third-order valence-corrected chi connectivity index (χ3v) is 5.14. The van der Waals surface area contributed by atoms with Crippen molar-refractivity contribution in [3.05, 3.63) is 54.3 Å². The van der Waals surface area contributed by atoms with Crippen LogP contribution in [0.4, 0.5) is 10.1 Å². The molecule has 4 nitrogen and oxygen atoms in total. The molecule has 0 aliphatic heterocycles. The molecule has 0 fully saturated rings. The number of hydrogen-bond acceptors (Lipinski definition) is 4. The molecule has 0 aliphatic carbocycles. The molecule has 0 atom stereocenters. The van der Waals surface area contributed by atoms with E-state index in [2.05, 4.69) is 5.32 Å². The van der Waals surface area contributed by atoms with Gasteiger partial charge in [-0.05, 0) is 36.4 Å². The highest BCUT2D eigenvalue weighted by molar-refractivity contribution is 7.99. The van der Waals surface area contributed by atoms with E-state index in [1.54, 1.807) is 30.3 Å². The Morgan fingerprint density at radius 1 is 1.13 bits per heavy atom. The summed E-state index contributed by atoms with van der Waals surface area (Å²) in [6.07, 6.45) is 1.32. The molecule has 0 saturated carbocycles. The summed E-state index contributed by atoms with van der Waals surface area (Å²) >= 11 is 1.43. The lowest BCUT2D eigenvalue weighted by Crippen LogP contribution is -2.14. The maximum absolute atomic E-state index is 12.8. The number of amides is 1. The number of sulfone groups is 1. The molecule has 0 saturated heterocycles. The van der Waals surface area contributed by atoms with Crippen LogP contribution in [0, 0.1) is 5.82 Å². The van der Waals surface area contributed by atoms with Gasteiger partial charge < -0.3 is 5.32 Å². The van der Waals surface area contributed by atoms with Gasteiger partial charge in [0.1, 0.15) is 5.82 Å². The van der Waals surface area contributed by atoms with Crippen molar-refractivity contribution >= 4 is 33.2 Å². The van der Waals surface area contributed by atoms with Gasteiger partial charge in [-0.2, -0.15) is 0 Å². The summed E-state index contributed by atoms with van der Waals surface area (Å²) in [5.74, 6) is -0.0569. The number of benzene rings is 2. The highest BCUT2D eigenvalue weighted by Gasteiger charge is 2.14. The van der Waals surface area contributed by atoms with Crippen molar-refractivity contribution in [1.82, 2.24) is 0 Å². The fourth-order valence-corrected chi connectivity index (χ4v) is 3.59. The molecule has 23 heavy (non-hydrogen) atoms. The summed E-state index contributed by atoms with van der Waals surface area (Å²) in [6, 6.07) is 12.3. The van der Waals surface area contributed by atoms with Gasteiger partial charge in [0.25, 0.3) is 0 Å². The summed E-state index contributed by atoms with van der Waals surface area (Å²) in [4.78, 5) is 12.9. The Labute approximate surface area is 139 Å². The van der Waals surface area contributed by atoms with Gasteiger partial charge in [0.05, 0.1) is 10.6 Å². The summed E-state index contributed by atoms with van der Waals surface area (Å²) in [5.41, 5.74) is 0.284. The number of nitrogens with one attached hydrogen (secondary N) is 1. The maximum Gasteiger partial charge on any atom is 0.225 e. The second-order valence-corrected chi connectivity index (χ2v) is 8.02. The standard InChI is InChI=1S/C16H16FNO3S2/c1-23(20,21)15-5-3-2-4-14(15)18-16(19)10-11-22-13-8-6-12(17)7-9-13/h2-9H,10-11H2,1H3,(H,18,19). The molecule has 122 valence electrons. The Morgan fingerprint density at radius 3 is 2.43 bits per heavy atom. The quantitative estimate of drug-likeness (QED) is 0.809. The Hall–Kier alpha value is -1.86. The molecule has 2 aromatic carbocycles. The first-order valence-electron chi connectivity index (χ1n) is 6.83. The minimum Gasteiger partial charge on any atom is -0.325 e. The van der Waals surface area contributed by atoms with Gasteiger partial charge >= 0.3 is 0 Å². The normalized spacial score (nSPS) is 11.2. The van der Waals surface area contributed by atoms with Crippen molar-refractivity contribution < 1.29 is 17.6 Å². The van der Waals surface area contributed by atoms with E-state index < -0.39 is 9.84 Å². The molecule has 0 aliphatic rings. The third kappa shape index (κ3) is 5.37. The zero-order chi connectivity index (χ0) is 16.9. The highest BCUT2D eigenvalue weighted by Crippen LogP contribution is 2.22. The number of para-hydroxylation sites is 1. The molecule has 2 aromatic rings. The first-order valence-corrected chi connectivity index (χ1v) is 9.71. The lowest BCUT2D eigenvalue weighted by molar-refractivity contribution is -0.115. The van der Waals surface area contributed by atoms with E-state index in [4.69, 9.17) is 0 Å². The average Bonchev–Trinajstić information content (AvgIpc) is 2.49. The fraction of sp³-hybridized carbons (Fsp3) is 0.188. The van der Waals surface area contributed by atoms with Crippen LogP contribution >= 0.6 is 11.8 Å². The summed E-state index contributed by atoms with van der Waals surface area (Å²) in [6.45, 7) is 0. The zero-order valence-electron chi connectivity index (χ0n) is 12.5. The van der Waals surface area contributed by atoms with Gasteiger partial charge in [0, 0.05) is 23.3 Å². The number of rotatable bonds is 6. The van der Waals surface area contributed by atoms with Gasteiger partial charge in [0.2, 0.25) is 5.91 Å². The topological polar surface area (TPSA) is 63.2 Å². The van der Waals surface area contributed by atoms with E-state index in [-0.39, 0.29) is 28.7 Å². The van der Waals surface area contributed by atoms with Gasteiger partial charge in [-0.1, -0.05) is 12.1 Å². The third-order valence-electron chi connectivity index (χ3n) is 2.97. The smallest absolute Gasteiger partial charge is 0.225 e. The number of thioether (sulfide) groups is 1. The second kappa shape index (κ2) is 7.61.